The number of nitrogens with zero attached hydrogens (tertiary/aromatic N) is 3. The van der Waals surface area contributed by atoms with E-state index in [4.69, 9.17) is 4.42 Å². The molecule has 2 heterocycles. The van der Waals surface area contributed by atoms with Crippen LogP contribution in [0.3, 0.4) is 0 Å². The summed E-state index contributed by atoms with van der Waals surface area (Å²) in [5.41, 5.74) is 1.06. The third kappa shape index (κ3) is 4.39. The van der Waals surface area contributed by atoms with Crippen molar-refractivity contribution >= 4 is 28.6 Å². The number of hydrogen-bond donors (Lipinski definition) is 0. The third-order valence-corrected chi connectivity index (χ3v) is 5.81. The maximum absolute atomic E-state index is 14.2. The van der Waals surface area contributed by atoms with Crippen LogP contribution in [-0.2, 0) is 11.3 Å². The van der Waals surface area contributed by atoms with Crippen LogP contribution in [0.2, 0.25) is 0 Å². The van der Waals surface area contributed by atoms with Crippen molar-refractivity contribution in [3.8, 4) is 5.69 Å². The fourth-order valence-electron chi connectivity index (χ4n) is 3.12. The van der Waals surface area contributed by atoms with Crippen molar-refractivity contribution in [2.45, 2.75) is 18.6 Å². The molecule has 0 bridgehead atoms. The highest BCUT2D eigenvalue weighted by molar-refractivity contribution is 7.99. The molecular formula is C23H20FN3O3S. The fraction of sp³-hybridized carbons (Fsp3) is 0.174. The Morgan fingerprint density at radius 2 is 2.00 bits per heavy atom. The summed E-state index contributed by atoms with van der Waals surface area (Å²) in [5, 5.41) is 0.751. The third-order valence-electron chi connectivity index (χ3n) is 4.88. The van der Waals surface area contributed by atoms with Gasteiger partial charge < -0.3 is 9.32 Å². The number of carbonyl (C=O) groups excluding carboxylic acids is 1. The summed E-state index contributed by atoms with van der Waals surface area (Å²) in [4.78, 5) is 32.0. The van der Waals surface area contributed by atoms with Gasteiger partial charge >= 0.3 is 0 Å². The van der Waals surface area contributed by atoms with E-state index in [2.05, 4.69) is 4.98 Å². The van der Waals surface area contributed by atoms with E-state index >= 15 is 0 Å². The van der Waals surface area contributed by atoms with Crippen LogP contribution >= 0.6 is 11.8 Å². The van der Waals surface area contributed by atoms with Crippen molar-refractivity contribution < 1.29 is 13.6 Å². The number of benzene rings is 2. The van der Waals surface area contributed by atoms with Crippen LogP contribution in [0.1, 0.15) is 11.3 Å². The first-order valence-electron chi connectivity index (χ1n) is 9.61. The number of furan rings is 1. The van der Waals surface area contributed by atoms with Crippen molar-refractivity contribution in [2.75, 3.05) is 12.8 Å². The molecule has 0 spiro atoms. The zero-order valence-electron chi connectivity index (χ0n) is 17.0. The molecule has 0 atom stereocenters. The molecule has 0 aliphatic carbocycles. The van der Waals surface area contributed by atoms with Gasteiger partial charge in [-0.1, -0.05) is 30.0 Å². The van der Waals surface area contributed by atoms with Gasteiger partial charge in [-0.2, -0.15) is 0 Å². The molecule has 0 saturated carbocycles. The minimum atomic E-state index is -0.414. The SMILES string of the molecule is Cc1ccc(-n2c(SCC(=O)N(C)Cc3ccco3)nc3ccccc3c2=O)cc1F. The summed E-state index contributed by atoms with van der Waals surface area (Å²) in [6, 6.07) is 15.1. The smallest absolute Gasteiger partial charge is 0.266 e. The molecule has 158 valence electrons. The van der Waals surface area contributed by atoms with Crippen molar-refractivity contribution in [3.05, 3.63) is 88.4 Å². The Hall–Kier alpha value is -3.39. The fourth-order valence-corrected chi connectivity index (χ4v) is 4.07. The normalized spacial score (nSPS) is 11.1. The quantitative estimate of drug-likeness (QED) is 0.334. The Kier molecular flexibility index (Phi) is 5.90. The van der Waals surface area contributed by atoms with Gasteiger partial charge in [0.25, 0.3) is 5.56 Å². The van der Waals surface area contributed by atoms with E-state index in [9.17, 15) is 14.0 Å². The van der Waals surface area contributed by atoms with Gasteiger partial charge in [0, 0.05) is 7.05 Å². The number of carbonyl (C=O) groups is 1. The number of para-hydroxylation sites is 1. The zero-order chi connectivity index (χ0) is 22.0. The highest BCUT2D eigenvalue weighted by Gasteiger charge is 2.17. The van der Waals surface area contributed by atoms with E-state index in [1.54, 1.807) is 73.7 Å². The lowest BCUT2D eigenvalue weighted by Gasteiger charge is -2.17. The second-order valence-corrected chi connectivity index (χ2v) is 8.05. The van der Waals surface area contributed by atoms with Crippen LogP contribution in [0.4, 0.5) is 4.39 Å². The van der Waals surface area contributed by atoms with Crippen LogP contribution in [0.15, 0.2) is 75.2 Å². The summed E-state index contributed by atoms with van der Waals surface area (Å²) in [6.07, 6.45) is 1.56. The lowest BCUT2D eigenvalue weighted by molar-refractivity contribution is -0.127. The van der Waals surface area contributed by atoms with E-state index in [0.717, 1.165) is 11.8 Å². The number of aryl methyl sites for hydroxylation is 1. The Morgan fingerprint density at radius 1 is 1.19 bits per heavy atom. The predicted octanol–water partition coefficient (Wildman–Crippen LogP) is 4.18. The van der Waals surface area contributed by atoms with E-state index in [1.807, 2.05) is 0 Å². The molecule has 6 nitrogen and oxygen atoms in total. The Balaban J connectivity index is 1.68. The van der Waals surface area contributed by atoms with Crippen LogP contribution in [0, 0.1) is 12.7 Å². The van der Waals surface area contributed by atoms with Gasteiger partial charge in [-0.15, -0.1) is 0 Å². The monoisotopic (exact) mass is 437 g/mol. The zero-order valence-corrected chi connectivity index (χ0v) is 17.9. The first-order chi connectivity index (χ1) is 14.9. The topological polar surface area (TPSA) is 68.3 Å². The summed E-state index contributed by atoms with van der Waals surface area (Å²) in [5.74, 6) is 0.181. The van der Waals surface area contributed by atoms with Crippen molar-refractivity contribution in [1.29, 1.82) is 0 Å². The number of thioether (sulfide) groups is 1. The summed E-state index contributed by atoms with van der Waals surface area (Å²) in [7, 11) is 1.68. The standard InChI is InChI=1S/C23H20FN3O3S/c1-15-9-10-16(12-19(15)24)27-22(29)18-7-3-4-8-20(18)25-23(27)31-14-21(28)26(2)13-17-6-5-11-30-17/h3-12H,13-14H2,1-2H3. The number of hydrogen-bond acceptors (Lipinski definition) is 5. The molecule has 31 heavy (non-hydrogen) atoms. The first-order valence-corrected chi connectivity index (χ1v) is 10.6. The lowest BCUT2D eigenvalue weighted by atomic mass is 10.2. The average Bonchev–Trinajstić information content (AvgIpc) is 3.27. The van der Waals surface area contributed by atoms with E-state index in [-0.39, 0.29) is 17.2 Å². The number of amides is 1. The van der Waals surface area contributed by atoms with Gasteiger partial charge in [-0.05, 0) is 48.9 Å². The Bertz CT molecular complexity index is 1300. The van der Waals surface area contributed by atoms with Crippen LogP contribution in [-0.4, -0.2) is 33.2 Å². The van der Waals surface area contributed by atoms with Crippen molar-refractivity contribution in [3.63, 3.8) is 0 Å². The molecule has 0 unspecified atom stereocenters. The molecule has 0 aliphatic heterocycles. The molecule has 2 aromatic carbocycles. The highest BCUT2D eigenvalue weighted by atomic mass is 32.2. The molecule has 4 aromatic rings. The second kappa shape index (κ2) is 8.77. The minimum absolute atomic E-state index is 0.0658. The summed E-state index contributed by atoms with van der Waals surface area (Å²) < 4.78 is 20.9. The molecule has 1 amide bonds. The second-order valence-electron chi connectivity index (χ2n) is 7.10. The van der Waals surface area contributed by atoms with Gasteiger partial charge in [0.2, 0.25) is 5.91 Å². The highest BCUT2D eigenvalue weighted by Crippen LogP contribution is 2.23. The van der Waals surface area contributed by atoms with E-state index in [1.165, 1.54) is 10.6 Å². The summed E-state index contributed by atoms with van der Waals surface area (Å²) in [6.45, 7) is 2.00. The largest absolute Gasteiger partial charge is 0.467 e. The summed E-state index contributed by atoms with van der Waals surface area (Å²) >= 11 is 1.14. The van der Waals surface area contributed by atoms with E-state index < -0.39 is 5.82 Å². The molecule has 0 N–H and O–H groups in total. The molecular weight excluding hydrogens is 417 g/mol. The number of aromatic nitrogens is 2. The Morgan fingerprint density at radius 3 is 2.74 bits per heavy atom. The average molecular weight is 437 g/mol. The van der Waals surface area contributed by atoms with Crippen LogP contribution in [0.25, 0.3) is 16.6 Å². The maximum Gasteiger partial charge on any atom is 0.266 e. The molecule has 0 radical (unpaired) electrons. The number of fused-ring (bicyclic) bond motifs is 1. The van der Waals surface area contributed by atoms with Crippen LogP contribution in [0.5, 0.6) is 0 Å². The molecule has 0 fully saturated rings. The number of rotatable bonds is 6. The van der Waals surface area contributed by atoms with Gasteiger partial charge in [-0.3, -0.25) is 14.2 Å². The predicted molar refractivity (Wildman–Crippen MR) is 118 cm³/mol. The Labute approximate surface area is 182 Å². The molecule has 0 saturated heterocycles. The van der Waals surface area contributed by atoms with Gasteiger partial charge in [0.05, 0.1) is 35.2 Å². The van der Waals surface area contributed by atoms with Crippen LogP contribution < -0.4 is 5.56 Å². The van der Waals surface area contributed by atoms with E-state index in [0.29, 0.717) is 39.6 Å². The first kappa shape index (κ1) is 20.9. The van der Waals surface area contributed by atoms with Crippen molar-refractivity contribution in [1.82, 2.24) is 14.5 Å². The minimum Gasteiger partial charge on any atom is -0.467 e. The lowest BCUT2D eigenvalue weighted by Crippen LogP contribution is -2.28. The molecule has 4 rings (SSSR count). The molecule has 8 heteroatoms. The molecule has 2 aromatic heterocycles. The van der Waals surface area contributed by atoms with Gasteiger partial charge in [0.15, 0.2) is 5.16 Å². The molecule has 0 aliphatic rings. The number of halogens is 1. The maximum atomic E-state index is 14.2. The van der Waals surface area contributed by atoms with Gasteiger partial charge in [-0.25, -0.2) is 9.37 Å². The van der Waals surface area contributed by atoms with Crippen molar-refractivity contribution in [2.24, 2.45) is 0 Å². The van der Waals surface area contributed by atoms with Gasteiger partial charge in [0.1, 0.15) is 11.6 Å².